The van der Waals surface area contributed by atoms with Crippen molar-refractivity contribution >= 4 is 5.96 Å². The summed E-state index contributed by atoms with van der Waals surface area (Å²) >= 11 is 0. The average Bonchev–Trinajstić information content (AvgIpc) is 3.29. The first-order valence-corrected chi connectivity index (χ1v) is 9.22. The van der Waals surface area contributed by atoms with Gasteiger partial charge in [0.25, 0.3) is 0 Å². The minimum absolute atomic E-state index is 0.429. The molecule has 0 amide bonds. The van der Waals surface area contributed by atoms with Crippen LogP contribution < -0.4 is 10.6 Å². The summed E-state index contributed by atoms with van der Waals surface area (Å²) in [6.45, 7) is 9.74. The lowest BCUT2D eigenvalue weighted by molar-refractivity contribution is 0.265. The summed E-state index contributed by atoms with van der Waals surface area (Å²) in [6, 6.07) is 9.29. The van der Waals surface area contributed by atoms with Crippen LogP contribution in [0.1, 0.15) is 26.3 Å². The molecule has 1 aromatic carbocycles. The van der Waals surface area contributed by atoms with Gasteiger partial charge in [-0.05, 0) is 37.5 Å². The molecule has 7 heteroatoms. The smallest absolute Gasteiger partial charge is 0.191 e. The third-order valence-electron chi connectivity index (χ3n) is 5.00. The molecule has 1 saturated heterocycles. The molecule has 0 spiro atoms. The Kier molecular flexibility index (Phi) is 5.88. The van der Waals surface area contributed by atoms with E-state index in [1.807, 2.05) is 19.2 Å². The fourth-order valence-electron chi connectivity index (χ4n) is 3.28. The van der Waals surface area contributed by atoms with Crippen molar-refractivity contribution in [3.8, 4) is 5.69 Å². The van der Waals surface area contributed by atoms with Crippen molar-refractivity contribution in [1.29, 1.82) is 0 Å². The predicted octanol–water partition coefficient (Wildman–Crippen LogP) is 1.66. The van der Waals surface area contributed by atoms with Gasteiger partial charge in [0.2, 0.25) is 0 Å². The number of hydrogen-bond acceptors (Lipinski definition) is 4. The maximum absolute atomic E-state index is 4.38. The highest BCUT2D eigenvalue weighted by molar-refractivity contribution is 5.80. The monoisotopic (exact) mass is 355 g/mol. The molecule has 0 bridgehead atoms. The average molecular weight is 355 g/mol. The Morgan fingerprint density at radius 1 is 1.27 bits per heavy atom. The molecule has 1 fully saturated rings. The third kappa shape index (κ3) is 4.40. The summed E-state index contributed by atoms with van der Waals surface area (Å²) in [6.07, 6.45) is 3.23. The Morgan fingerprint density at radius 2 is 2.04 bits per heavy atom. The highest BCUT2D eigenvalue weighted by Gasteiger charge is 2.31. The minimum atomic E-state index is 0.429. The zero-order chi connectivity index (χ0) is 18.5. The zero-order valence-electron chi connectivity index (χ0n) is 16.1. The van der Waals surface area contributed by atoms with Crippen LogP contribution in [-0.4, -0.2) is 57.8 Å². The molecular formula is C19H29N7. The molecule has 3 rings (SSSR count). The van der Waals surface area contributed by atoms with Crippen LogP contribution in [0.25, 0.3) is 5.69 Å². The second-order valence-corrected chi connectivity index (χ2v) is 7.21. The van der Waals surface area contributed by atoms with E-state index in [4.69, 9.17) is 0 Å². The number of hydrogen-bond donors (Lipinski definition) is 2. The Morgan fingerprint density at radius 3 is 2.62 bits per heavy atom. The van der Waals surface area contributed by atoms with Crippen LogP contribution in [0.3, 0.4) is 0 Å². The number of aliphatic imine (C=N–C) groups is 1. The molecule has 0 radical (unpaired) electrons. The van der Waals surface area contributed by atoms with Crippen LogP contribution in [0, 0.1) is 5.92 Å². The molecule has 26 heavy (non-hydrogen) atoms. The van der Waals surface area contributed by atoms with E-state index in [1.165, 1.54) is 11.9 Å². The first-order valence-electron chi connectivity index (χ1n) is 9.22. The van der Waals surface area contributed by atoms with Crippen LogP contribution in [0.4, 0.5) is 0 Å². The quantitative estimate of drug-likeness (QED) is 0.631. The van der Waals surface area contributed by atoms with Crippen molar-refractivity contribution in [2.45, 2.75) is 39.4 Å². The highest BCUT2D eigenvalue weighted by atomic mass is 15.3. The van der Waals surface area contributed by atoms with Gasteiger partial charge >= 0.3 is 0 Å². The van der Waals surface area contributed by atoms with Crippen molar-refractivity contribution in [2.75, 3.05) is 20.1 Å². The Bertz CT molecular complexity index is 706. The van der Waals surface area contributed by atoms with Crippen LogP contribution in [0.5, 0.6) is 0 Å². The second-order valence-electron chi connectivity index (χ2n) is 7.21. The minimum Gasteiger partial charge on any atom is -0.352 e. The standard InChI is InChI=1S/C19H29N7/c1-14(2)25-10-15(3)18(11-25)24-19(20-4)22-9-16-5-7-17(8-6-16)26-13-21-12-23-26/h5-8,12-15,18H,9-11H2,1-4H3,(H2,20,22,24). The van der Waals surface area contributed by atoms with E-state index < -0.39 is 0 Å². The van der Waals surface area contributed by atoms with E-state index >= 15 is 0 Å². The lowest BCUT2D eigenvalue weighted by atomic mass is 10.1. The number of benzene rings is 1. The van der Waals surface area contributed by atoms with E-state index in [0.29, 0.717) is 18.0 Å². The van der Waals surface area contributed by atoms with Gasteiger partial charge in [-0.15, -0.1) is 0 Å². The number of guanidine groups is 1. The topological polar surface area (TPSA) is 70.4 Å². The molecule has 0 aliphatic carbocycles. The van der Waals surface area contributed by atoms with Gasteiger partial charge in [0, 0.05) is 38.8 Å². The number of rotatable bonds is 5. The summed E-state index contributed by atoms with van der Waals surface area (Å²) in [5.74, 6) is 1.46. The van der Waals surface area contributed by atoms with Crippen LogP contribution in [-0.2, 0) is 6.54 Å². The fraction of sp³-hybridized carbons (Fsp3) is 0.526. The SMILES string of the molecule is CN=C(NCc1ccc(-n2cncn2)cc1)NC1CN(C(C)C)CC1C. The van der Waals surface area contributed by atoms with Crippen molar-refractivity contribution in [2.24, 2.45) is 10.9 Å². The molecule has 2 aromatic rings. The maximum Gasteiger partial charge on any atom is 0.191 e. The molecule has 2 heterocycles. The molecule has 140 valence electrons. The van der Waals surface area contributed by atoms with Gasteiger partial charge in [-0.3, -0.25) is 9.89 Å². The van der Waals surface area contributed by atoms with Gasteiger partial charge in [0.15, 0.2) is 5.96 Å². The first kappa shape index (κ1) is 18.4. The molecule has 7 nitrogen and oxygen atoms in total. The van der Waals surface area contributed by atoms with E-state index in [9.17, 15) is 0 Å². The summed E-state index contributed by atoms with van der Waals surface area (Å²) in [5, 5.41) is 11.1. The fourth-order valence-corrected chi connectivity index (χ4v) is 3.28. The molecule has 1 aliphatic heterocycles. The number of nitrogens with one attached hydrogen (secondary N) is 2. The molecule has 0 saturated carbocycles. The van der Waals surface area contributed by atoms with E-state index in [-0.39, 0.29) is 0 Å². The van der Waals surface area contributed by atoms with E-state index in [2.05, 4.69) is 63.5 Å². The highest BCUT2D eigenvalue weighted by Crippen LogP contribution is 2.18. The first-order chi connectivity index (χ1) is 12.6. The number of aromatic nitrogens is 3. The van der Waals surface area contributed by atoms with Crippen LogP contribution in [0.15, 0.2) is 41.9 Å². The molecule has 2 atom stereocenters. The Balaban J connectivity index is 1.53. The maximum atomic E-state index is 4.38. The van der Waals surface area contributed by atoms with Gasteiger partial charge in [0.05, 0.1) is 5.69 Å². The van der Waals surface area contributed by atoms with Gasteiger partial charge in [0.1, 0.15) is 12.7 Å². The van der Waals surface area contributed by atoms with Crippen molar-refractivity contribution < 1.29 is 0 Å². The summed E-state index contributed by atoms with van der Waals surface area (Å²) in [7, 11) is 1.82. The van der Waals surface area contributed by atoms with Gasteiger partial charge in [-0.2, -0.15) is 5.10 Å². The lowest BCUT2D eigenvalue weighted by Crippen LogP contribution is -2.46. The third-order valence-corrected chi connectivity index (χ3v) is 5.00. The number of nitrogens with zero attached hydrogens (tertiary/aromatic N) is 5. The largest absolute Gasteiger partial charge is 0.352 e. The van der Waals surface area contributed by atoms with Crippen molar-refractivity contribution in [1.82, 2.24) is 30.3 Å². The molecule has 2 unspecified atom stereocenters. The van der Waals surface area contributed by atoms with Gasteiger partial charge < -0.3 is 10.6 Å². The summed E-state index contributed by atoms with van der Waals surface area (Å²) in [5.41, 5.74) is 2.20. The van der Waals surface area contributed by atoms with Crippen LogP contribution in [0.2, 0.25) is 0 Å². The second kappa shape index (κ2) is 8.31. The van der Waals surface area contributed by atoms with Crippen LogP contribution >= 0.6 is 0 Å². The molecule has 1 aromatic heterocycles. The normalized spacial score (nSPS) is 21.3. The number of likely N-dealkylation sites (tertiary alicyclic amines) is 1. The van der Waals surface area contributed by atoms with Crippen molar-refractivity contribution in [3.63, 3.8) is 0 Å². The van der Waals surface area contributed by atoms with Crippen molar-refractivity contribution in [3.05, 3.63) is 42.5 Å². The molecule has 2 N–H and O–H groups in total. The van der Waals surface area contributed by atoms with E-state index in [0.717, 1.165) is 31.3 Å². The molecular weight excluding hydrogens is 326 g/mol. The Labute approximate surface area is 155 Å². The van der Waals surface area contributed by atoms with E-state index in [1.54, 1.807) is 11.0 Å². The lowest BCUT2D eigenvalue weighted by Gasteiger charge is -2.22. The van der Waals surface area contributed by atoms with Gasteiger partial charge in [-0.25, -0.2) is 9.67 Å². The predicted molar refractivity (Wildman–Crippen MR) is 104 cm³/mol. The van der Waals surface area contributed by atoms with Gasteiger partial charge in [-0.1, -0.05) is 19.1 Å². The zero-order valence-corrected chi connectivity index (χ0v) is 16.1. The summed E-state index contributed by atoms with van der Waals surface area (Å²) in [4.78, 5) is 10.9. The Hall–Kier alpha value is -2.41. The molecule has 1 aliphatic rings. The summed E-state index contributed by atoms with van der Waals surface area (Å²) < 4.78 is 1.75.